The highest BCUT2D eigenvalue weighted by atomic mass is 16.1. The number of para-hydroxylation sites is 1. The number of anilines is 2. The number of carbonyl (C=O) groups excluding carboxylic acids is 1. The molecule has 0 fully saturated rings. The van der Waals surface area contributed by atoms with Crippen LogP contribution < -0.4 is 10.6 Å². The van der Waals surface area contributed by atoms with Crippen molar-refractivity contribution in [3.8, 4) is 0 Å². The minimum Gasteiger partial charge on any atom is -0.361 e. The molecule has 2 aromatic carbocycles. The van der Waals surface area contributed by atoms with E-state index in [1.807, 2.05) is 50.4 Å². The van der Waals surface area contributed by atoms with Crippen molar-refractivity contribution in [3.05, 3.63) is 83.3 Å². The molecule has 0 unspecified atom stereocenters. The predicted octanol–water partition coefficient (Wildman–Crippen LogP) is 4.48. The van der Waals surface area contributed by atoms with Crippen LogP contribution in [0.15, 0.2) is 60.9 Å². The number of aryl methyl sites for hydroxylation is 2. The van der Waals surface area contributed by atoms with Crippen LogP contribution in [0.4, 0.5) is 11.6 Å². The summed E-state index contributed by atoms with van der Waals surface area (Å²) in [7, 11) is 0. The van der Waals surface area contributed by atoms with Crippen molar-refractivity contribution >= 4 is 28.4 Å². The van der Waals surface area contributed by atoms with Gasteiger partial charge in [-0.15, -0.1) is 0 Å². The molecule has 0 saturated carbocycles. The van der Waals surface area contributed by atoms with Gasteiger partial charge in [0.05, 0.1) is 0 Å². The van der Waals surface area contributed by atoms with E-state index in [4.69, 9.17) is 0 Å². The first kappa shape index (κ1) is 18.7. The average molecular weight is 385 g/mol. The molecule has 0 spiro atoms. The largest absolute Gasteiger partial charge is 0.361 e. The molecule has 2 heterocycles. The lowest BCUT2D eigenvalue weighted by Gasteiger charge is -2.10. The van der Waals surface area contributed by atoms with Crippen LogP contribution in [0.2, 0.25) is 0 Å². The Labute approximate surface area is 169 Å². The number of fused-ring (bicyclic) bond motifs is 1. The van der Waals surface area contributed by atoms with E-state index in [9.17, 15) is 4.79 Å². The van der Waals surface area contributed by atoms with E-state index >= 15 is 0 Å². The summed E-state index contributed by atoms with van der Waals surface area (Å²) in [5, 5.41) is 7.35. The fourth-order valence-corrected chi connectivity index (χ4v) is 3.36. The van der Waals surface area contributed by atoms with E-state index in [0.717, 1.165) is 28.8 Å². The van der Waals surface area contributed by atoms with Crippen molar-refractivity contribution in [1.29, 1.82) is 0 Å². The number of aromatic amines is 1. The monoisotopic (exact) mass is 385 g/mol. The van der Waals surface area contributed by atoms with E-state index in [1.165, 1.54) is 10.9 Å². The Kier molecular flexibility index (Phi) is 5.24. The summed E-state index contributed by atoms with van der Waals surface area (Å²) in [6.45, 7) is 4.67. The molecule has 146 valence electrons. The normalized spacial score (nSPS) is 10.8. The number of hydrogen-bond acceptors (Lipinski definition) is 4. The first-order valence-corrected chi connectivity index (χ1v) is 9.60. The minimum atomic E-state index is -0.251. The van der Waals surface area contributed by atoms with Gasteiger partial charge in [0.2, 0.25) is 5.95 Å². The van der Waals surface area contributed by atoms with E-state index in [0.29, 0.717) is 18.2 Å². The molecule has 2 aromatic heterocycles. The number of amides is 1. The molecule has 4 rings (SSSR count). The second-order valence-corrected chi connectivity index (χ2v) is 7.07. The number of benzene rings is 2. The number of H-pyrrole nitrogens is 1. The Bertz CT molecular complexity index is 1160. The first-order valence-electron chi connectivity index (χ1n) is 9.60. The van der Waals surface area contributed by atoms with Crippen LogP contribution in [0, 0.1) is 13.8 Å². The van der Waals surface area contributed by atoms with Crippen molar-refractivity contribution in [2.75, 3.05) is 17.2 Å². The van der Waals surface area contributed by atoms with E-state index in [-0.39, 0.29) is 5.91 Å². The lowest BCUT2D eigenvalue weighted by atomic mass is 10.1. The van der Waals surface area contributed by atoms with Gasteiger partial charge in [0.1, 0.15) is 5.69 Å². The van der Waals surface area contributed by atoms with Gasteiger partial charge in [-0.1, -0.05) is 35.9 Å². The summed E-state index contributed by atoms with van der Waals surface area (Å²) < 4.78 is 0. The fraction of sp³-hybridized carbons (Fsp3) is 0.174. The molecule has 0 aliphatic rings. The standard InChI is InChI=1S/C23H23N5O/c1-15-7-8-19(16(2)13-15)27-22(29)21-10-12-25-23(28-21)24-11-9-17-14-26-20-6-4-3-5-18(17)20/h3-8,10,12-14,26H,9,11H2,1-2H3,(H,27,29)(H,24,25,28). The highest BCUT2D eigenvalue weighted by molar-refractivity contribution is 6.03. The molecular weight excluding hydrogens is 362 g/mol. The summed E-state index contributed by atoms with van der Waals surface area (Å²) in [4.78, 5) is 24.4. The van der Waals surface area contributed by atoms with Crippen molar-refractivity contribution in [2.24, 2.45) is 0 Å². The molecule has 0 saturated heterocycles. The topological polar surface area (TPSA) is 82.7 Å². The molecule has 0 aliphatic heterocycles. The molecule has 0 radical (unpaired) electrons. The smallest absolute Gasteiger partial charge is 0.274 e. The van der Waals surface area contributed by atoms with Crippen LogP contribution in [0.1, 0.15) is 27.2 Å². The Balaban J connectivity index is 1.39. The molecule has 3 N–H and O–H groups in total. The highest BCUT2D eigenvalue weighted by Gasteiger charge is 2.11. The van der Waals surface area contributed by atoms with Crippen molar-refractivity contribution in [3.63, 3.8) is 0 Å². The zero-order valence-corrected chi connectivity index (χ0v) is 16.5. The number of hydrogen-bond donors (Lipinski definition) is 3. The predicted molar refractivity (Wildman–Crippen MR) is 116 cm³/mol. The van der Waals surface area contributed by atoms with Gasteiger partial charge in [-0.25, -0.2) is 9.97 Å². The van der Waals surface area contributed by atoms with Crippen molar-refractivity contribution in [1.82, 2.24) is 15.0 Å². The van der Waals surface area contributed by atoms with Crippen molar-refractivity contribution in [2.45, 2.75) is 20.3 Å². The van der Waals surface area contributed by atoms with E-state index in [1.54, 1.807) is 12.3 Å². The molecule has 6 nitrogen and oxygen atoms in total. The zero-order chi connectivity index (χ0) is 20.2. The molecule has 0 aliphatic carbocycles. The number of rotatable bonds is 6. The second kappa shape index (κ2) is 8.14. The molecule has 0 bridgehead atoms. The SMILES string of the molecule is Cc1ccc(NC(=O)c2ccnc(NCCc3c[nH]c4ccccc34)n2)c(C)c1. The summed E-state index contributed by atoms with van der Waals surface area (Å²) in [5.41, 5.74) is 5.65. The van der Waals surface area contributed by atoms with Crippen LogP contribution in [0.3, 0.4) is 0 Å². The lowest BCUT2D eigenvalue weighted by molar-refractivity contribution is 0.102. The third kappa shape index (κ3) is 4.27. The van der Waals surface area contributed by atoms with Gasteiger partial charge in [-0.3, -0.25) is 4.79 Å². The van der Waals surface area contributed by atoms with Crippen LogP contribution in [0.5, 0.6) is 0 Å². The maximum atomic E-state index is 12.6. The van der Waals surface area contributed by atoms with Gasteiger partial charge in [-0.05, 0) is 49.6 Å². The van der Waals surface area contributed by atoms with E-state index < -0.39 is 0 Å². The van der Waals surface area contributed by atoms with Crippen LogP contribution >= 0.6 is 0 Å². The van der Waals surface area contributed by atoms with E-state index in [2.05, 4.69) is 37.7 Å². The summed E-state index contributed by atoms with van der Waals surface area (Å²) >= 11 is 0. The van der Waals surface area contributed by atoms with Crippen LogP contribution in [-0.2, 0) is 6.42 Å². The minimum absolute atomic E-state index is 0.251. The van der Waals surface area contributed by atoms with Gasteiger partial charge in [0.25, 0.3) is 5.91 Å². The summed E-state index contributed by atoms with van der Waals surface area (Å²) in [5.74, 6) is 0.192. The van der Waals surface area contributed by atoms with Crippen molar-refractivity contribution < 1.29 is 4.79 Å². The van der Waals surface area contributed by atoms with Gasteiger partial charge in [0.15, 0.2) is 0 Å². The van der Waals surface area contributed by atoms with Crippen LogP contribution in [0.25, 0.3) is 10.9 Å². The third-order valence-corrected chi connectivity index (χ3v) is 4.87. The average Bonchev–Trinajstić information content (AvgIpc) is 3.13. The number of nitrogens with one attached hydrogen (secondary N) is 3. The Morgan fingerprint density at radius 2 is 1.97 bits per heavy atom. The highest BCUT2D eigenvalue weighted by Crippen LogP contribution is 2.19. The zero-order valence-electron chi connectivity index (χ0n) is 16.5. The summed E-state index contributed by atoms with van der Waals surface area (Å²) in [6, 6.07) is 15.8. The molecule has 29 heavy (non-hydrogen) atoms. The second-order valence-electron chi connectivity index (χ2n) is 7.07. The van der Waals surface area contributed by atoms with Gasteiger partial charge in [0, 0.05) is 35.5 Å². The third-order valence-electron chi connectivity index (χ3n) is 4.87. The fourth-order valence-electron chi connectivity index (χ4n) is 3.36. The Morgan fingerprint density at radius 3 is 2.83 bits per heavy atom. The number of nitrogens with zero attached hydrogens (tertiary/aromatic N) is 2. The molecular formula is C23H23N5O. The maximum Gasteiger partial charge on any atom is 0.274 e. The van der Waals surface area contributed by atoms with Gasteiger partial charge >= 0.3 is 0 Å². The lowest BCUT2D eigenvalue weighted by Crippen LogP contribution is -2.16. The Morgan fingerprint density at radius 1 is 1.10 bits per heavy atom. The molecule has 4 aromatic rings. The first-order chi connectivity index (χ1) is 14.1. The Hall–Kier alpha value is -3.67. The maximum absolute atomic E-state index is 12.6. The number of aromatic nitrogens is 3. The van der Waals surface area contributed by atoms with Gasteiger partial charge < -0.3 is 15.6 Å². The number of carbonyl (C=O) groups is 1. The molecule has 6 heteroatoms. The quantitative estimate of drug-likeness (QED) is 0.457. The van der Waals surface area contributed by atoms with Gasteiger partial charge in [-0.2, -0.15) is 0 Å². The summed E-state index contributed by atoms with van der Waals surface area (Å²) in [6.07, 6.45) is 4.45. The molecule has 1 amide bonds. The van der Waals surface area contributed by atoms with Crippen LogP contribution in [-0.4, -0.2) is 27.4 Å². The molecule has 0 atom stereocenters.